The molecule has 0 aromatic carbocycles. The van der Waals surface area contributed by atoms with Crippen LogP contribution in [0.25, 0.3) is 0 Å². The van der Waals surface area contributed by atoms with Crippen molar-refractivity contribution < 1.29 is 19.1 Å². The number of hydrogen-bond acceptors (Lipinski definition) is 6. The van der Waals surface area contributed by atoms with Gasteiger partial charge >= 0.3 is 12.1 Å². The molecular formula is C17H30ClN3O4. The molecule has 1 N–H and O–H groups in total. The minimum absolute atomic E-state index is 0.106. The lowest BCUT2D eigenvalue weighted by Gasteiger charge is -2.46. The van der Waals surface area contributed by atoms with Crippen LogP contribution in [0.1, 0.15) is 34.1 Å². The van der Waals surface area contributed by atoms with Gasteiger partial charge in [-0.2, -0.15) is 0 Å². The van der Waals surface area contributed by atoms with Crippen molar-refractivity contribution >= 4 is 23.7 Å². The third kappa shape index (κ3) is 5.72. The maximum Gasteiger partial charge on any atom is 0.410 e. The van der Waals surface area contributed by atoms with Crippen LogP contribution in [0.4, 0.5) is 4.79 Å². The number of carbonyl (C=O) groups is 2. The van der Waals surface area contributed by atoms with Gasteiger partial charge in [0.05, 0.1) is 5.92 Å². The molecule has 2 fully saturated rings. The number of esters is 1. The number of halogens is 1. The smallest absolute Gasteiger partial charge is 0.410 e. The molecule has 8 heteroatoms. The minimum atomic E-state index is -0.485. The molecule has 0 aromatic heterocycles. The molecule has 2 saturated heterocycles. The van der Waals surface area contributed by atoms with Crippen molar-refractivity contribution in [2.24, 2.45) is 5.92 Å². The molecule has 0 bridgehead atoms. The van der Waals surface area contributed by atoms with Crippen molar-refractivity contribution in [3.63, 3.8) is 0 Å². The summed E-state index contributed by atoms with van der Waals surface area (Å²) < 4.78 is 10.4. The number of nitrogens with one attached hydrogen (secondary N) is 1. The van der Waals surface area contributed by atoms with Crippen molar-refractivity contribution in [2.45, 2.75) is 51.8 Å². The number of hydrogen-bond donors (Lipinski definition) is 1. The van der Waals surface area contributed by atoms with Gasteiger partial charge in [0, 0.05) is 44.8 Å². The van der Waals surface area contributed by atoms with Gasteiger partial charge in [-0.25, -0.2) is 4.79 Å². The Balaban J connectivity index is 1.90. The highest BCUT2D eigenvalue weighted by molar-refractivity contribution is 6.17. The second kappa shape index (κ2) is 8.56. The number of nitrogens with zero attached hydrogens (tertiary/aromatic N) is 2. The average Bonchev–Trinajstić information content (AvgIpc) is 2.53. The van der Waals surface area contributed by atoms with E-state index in [1.807, 2.05) is 20.8 Å². The van der Waals surface area contributed by atoms with E-state index in [-0.39, 0.29) is 36.1 Å². The Morgan fingerprint density at radius 3 is 2.56 bits per heavy atom. The van der Waals surface area contributed by atoms with E-state index in [1.165, 1.54) is 0 Å². The van der Waals surface area contributed by atoms with Gasteiger partial charge in [-0.3, -0.25) is 9.69 Å². The first kappa shape index (κ1) is 20.3. The molecule has 2 rings (SSSR count). The summed E-state index contributed by atoms with van der Waals surface area (Å²) in [6.07, 6.45) is 0.490. The fourth-order valence-corrected chi connectivity index (χ4v) is 3.64. The van der Waals surface area contributed by atoms with Crippen LogP contribution in [0, 0.1) is 5.92 Å². The van der Waals surface area contributed by atoms with E-state index >= 15 is 0 Å². The summed E-state index contributed by atoms with van der Waals surface area (Å²) in [4.78, 5) is 28.3. The normalized spacial score (nSPS) is 28.5. The molecule has 2 heterocycles. The van der Waals surface area contributed by atoms with Gasteiger partial charge in [0.15, 0.2) is 6.07 Å². The van der Waals surface area contributed by atoms with E-state index in [2.05, 4.69) is 17.1 Å². The third-order valence-electron chi connectivity index (χ3n) is 4.66. The van der Waals surface area contributed by atoms with Crippen LogP contribution in [0.3, 0.4) is 0 Å². The number of carbonyl (C=O) groups excluding carboxylic acids is 2. The monoisotopic (exact) mass is 375 g/mol. The molecule has 1 amide bonds. The summed E-state index contributed by atoms with van der Waals surface area (Å²) in [5.41, 5.74) is -0.485. The molecule has 0 spiro atoms. The molecule has 3 atom stereocenters. The largest absolute Gasteiger partial charge is 0.449 e. The van der Waals surface area contributed by atoms with E-state index in [0.717, 1.165) is 19.5 Å². The molecule has 2 aliphatic heterocycles. The lowest BCUT2D eigenvalue weighted by atomic mass is 9.93. The van der Waals surface area contributed by atoms with Gasteiger partial charge in [0.2, 0.25) is 0 Å². The van der Waals surface area contributed by atoms with E-state index in [1.54, 1.807) is 4.90 Å². The summed E-state index contributed by atoms with van der Waals surface area (Å²) in [6, 6.07) is 0.346. The first-order valence-electron chi connectivity index (χ1n) is 8.88. The highest BCUT2D eigenvalue weighted by Gasteiger charge is 2.37. The minimum Gasteiger partial charge on any atom is -0.449 e. The van der Waals surface area contributed by atoms with Gasteiger partial charge in [0.1, 0.15) is 5.60 Å². The molecule has 3 unspecified atom stereocenters. The Labute approximate surface area is 154 Å². The first-order chi connectivity index (χ1) is 11.7. The number of alkyl halides is 1. The topological polar surface area (TPSA) is 71.1 Å². The average molecular weight is 376 g/mol. The van der Waals surface area contributed by atoms with Crippen LogP contribution in [-0.2, 0) is 14.3 Å². The summed E-state index contributed by atoms with van der Waals surface area (Å²) in [5.74, 6) is -0.416. The lowest BCUT2D eigenvalue weighted by Crippen LogP contribution is -2.61. The fraction of sp³-hybridized carbons (Fsp3) is 0.882. The summed E-state index contributed by atoms with van der Waals surface area (Å²) in [5, 5.41) is 3.32. The van der Waals surface area contributed by atoms with Crippen LogP contribution in [0.5, 0.6) is 0 Å². The second-order valence-electron chi connectivity index (χ2n) is 7.83. The quantitative estimate of drug-likeness (QED) is 0.597. The summed E-state index contributed by atoms with van der Waals surface area (Å²) in [7, 11) is 0. The SMILES string of the molecule is CC1CN(C(=O)OC(C)(C)C)CCN1C1CNCC(C(=O)OCCl)C1. The van der Waals surface area contributed by atoms with Gasteiger partial charge < -0.3 is 19.7 Å². The fourth-order valence-electron chi connectivity index (χ4n) is 3.53. The summed E-state index contributed by atoms with van der Waals surface area (Å²) >= 11 is 5.49. The van der Waals surface area contributed by atoms with Crippen molar-refractivity contribution in [3.05, 3.63) is 0 Å². The van der Waals surface area contributed by atoms with Gasteiger partial charge in [-0.05, 0) is 34.1 Å². The molecule has 144 valence electrons. The van der Waals surface area contributed by atoms with Gasteiger partial charge in [-0.15, -0.1) is 0 Å². The second-order valence-corrected chi connectivity index (χ2v) is 8.05. The maximum absolute atomic E-state index is 12.3. The predicted molar refractivity (Wildman–Crippen MR) is 95.6 cm³/mol. The zero-order chi connectivity index (χ0) is 18.6. The van der Waals surface area contributed by atoms with Gasteiger partial charge in [-0.1, -0.05) is 11.6 Å². The first-order valence-corrected chi connectivity index (χ1v) is 9.41. The number of piperidine rings is 1. The van der Waals surface area contributed by atoms with Gasteiger partial charge in [0.25, 0.3) is 0 Å². The van der Waals surface area contributed by atoms with Crippen molar-refractivity contribution in [3.8, 4) is 0 Å². The van der Waals surface area contributed by atoms with Crippen LogP contribution < -0.4 is 5.32 Å². The van der Waals surface area contributed by atoms with E-state index in [4.69, 9.17) is 21.1 Å². The van der Waals surface area contributed by atoms with Crippen molar-refractivity contribution in [1.82, 2.24) is 15.1 Å². The molecule has 0 radical (unpaired) electrons. The molecule has 7 nitrogen and oxygen atoms in total. The standard InChI is InChI=1S/C17H30ClN3O4/c1-12-10-20(16(23)25-17(2,3)4)5-6-21(12)14-7-13(8-19-9-14)15(22)24-11-18/h12-14,19H,5-11H2,1-4H3. The van der Waals surface area contributed by atoms with Crippen LogP contribution in [0.15, 0.2) is 0 Å². The summed E-state index contributed by atoms with van der Waals surface area (Å²) in [6.45, 7) is 11.2. The van der Waals surface area contributed by atoms with Crippen molar-refractivity contribution in [1.29, 1.82) is 0 Å². The Morgan fingerprint density at radius 2 is 1.96 bits per heavy atom. The maximum atomic E-state index is 12.3. The number of rotatable bonds is 3. The van der Waals surface area contributed by atoms with E-state index < -0.39 is 5.60 Å². The van der Waals surface area contributed by atoms with Crippen molar-refractivity contribution in [2.75, 3.05) is 38.8 Å². The molecule has 0 aromatic rings. The molecule has 0 saturated carbocycles. The Bertz CT molecular complexity index is 483. The van der Waals surface area contributed by atoms with Crippen LogP contribution in [0.2, 0.25) is 0 Å². The Kier molecular flexibility index (Phi) is 6.93. The predicted octanol–water partition coefficient (Wildman–Crippen LogP) is 1.65. The lowest BCUT2D eigenvalue weighted by molar-refractivity contribution is -0.148. The highest BCUT2D eigenvalue weighted by Crippen LogP contribution is 2.23. The van der Waals surface area contributed by atoms with Crippen LogP contribution in [-0.4, -0.2) is 78.3 Å². The highest BCUT2D eigenvalue weighted by atomic mass is 35.5. The Hall–Kier alpha value is -1.05. The molecular weight excluding hydrogens is 346 g/mol. The zero-order valence-corrected chi connectivity index (χ0v) is 16.3. The Morgan fingerprint density at radius 1 is 1.24 bits per heavy atom. The molecule has 25 heavy (non-hydrogen) atoms. The number of amides is 1. The molecule has 0 aliphatic carbocycles. The van der Waals surface area contributed by atoms with E-state index in [9.17, 15) is 9.59 Å². The third-order valence-corrected chi connectivity index (χ3v) is 4.77. The number of piperazine rings is 1. The molecule has 2 aliphatic rings. The zero-order valence-electron chi connectivity index (χ0n) is 15.6. The van der Waals surface area contributed by atoms with E-state index in [0.29, 0.717) is 19.6 Å². The van der Waals surface area contributed by atoms with Crippen LogP contribution >= 0.6 is 11.6 Å². The number of ether oxygens (including phenoxy) is 2.